The zero-order valence-corrected chi connectivity index (χ0v) is 21.2. The van der Waals surface area contributed by atoms with Gasteiger partial charge in [0, 0.05) is 19.8 Å². The highest BCUT2D eigenvalue weighted by molar-refractivity contribution is 5.81. The summed E-state index contributed by atoms with van der Waals surface area (Å²) in [6.45, 7) is 4.94. The van der Waals surface area contributed by atoms with Crippen molar-refractivity contribution in [3.05, 3.63) is 12.7 Å². The minimum Gasteiger partial charge on any atom is -0.465 e. The molecule has 3 rings (SSSR count). The average molecular weight is 479 g/mol. The molecule has 3 saturated carbocycles. The van der Waals surface area contributed by atoms with Crippen molar-refractivity contribution < 1.29 is 28.5 Å². The highest BCUT2D eigenvalue weighted by Gasteiger charge is 2.32. The Labute approximate surface area is 206 Å². The maximum absolute atomic E-state index is 12.3. The van der Waals surface area contributed by atoms with E-state index in [4.69, 9.17) is 18.9 Å². The van der Waals surface area contributed by atoms with E-state index in [9.17, 15) is 9.59 Å². The Morgan fingerprint density at radius 2 is 1.32 bits per heavy atom. The number of ether oxygens (including phenoxy) is 4. The van der Waals surface area contributed by atoms with Crippen LogP contribution in [-0.2, 0) is 28.5 Å². The molecule has 0 spiro atoms. The monoisotopic (exact) mass is 478 g/mol. The van der Waals surface area contributed by atoms with E-state index >= 15 is 0 Å². The lowest BCUT2D eigenvalue weighted by atomic mass is 9.72. The molecule has 0 aliphatic heterocycles. The van der Waals surface area contributed by atoms with Gasteiger partial charge in [-0.05, 0) is 108 Å². The highest BCUT2D eigenvalue weighted by Crippen LogP contribution is 2.40. The quantitative estimate of drug-likeness (QED) is 0.206. The van der Waals surface area contributed by atoms with Gasteiger partial charge in [0.25, 0.3) is 0 Å². The lowest BCUT2D eigenvalue weighted by Crippen LogP contribution is -2.31. The number of carbonyl (C=O) groups is 2. The third-order valence-corrected chi connectivity index (χ3v) is 8.38. The molecule has 6 heteroatoms. The summed E-state index contributed by atoms with van der Waals surface area (Å²) >= 11 is 0. The van der Waals surface area contributed by atoms with Crippen molar-refractivity contribution in [1.29, 1.82) is 0 Å². The zero-order chi connectivity index (χ0) is 24.2. The molecule has 0 aromatic rings. The van der Waals surface area contributed by atoms with E-state index in [1.165, 1.54) is 51.4 Å². The van der Waals surface area contributed by atoms with Crippen LogP contribution in [0.3, 0.4) is 0 Å². The normalized spacial score (nSPS) is 32.0. The van der Waals surface area contributed by atoms with Crippen LogP contribution in [-0.4, -0.2) is 51.1 Å². The second-order valence-corrected chi connectivity index (χ2v) is 10.6. The smallest absolute Gasteiger partial charge is 0.330 e. The summed E-state index contributed by atoms with van der Waals surface area (Å²) in [7, 11) is 1.85. The minimum atomic E-state index is -0.411. The fourth-order valence-corrected chi connectivity index (χ4v) is 6.09. The van der Waals surface area contributed by atoms with E-state index in [0.717, 1.165) is 50.2 Å². The van der Waals surface area contributed by atoms with Crippen LogP contribution in [0.2, 0.25) is 0 Å². The van der Waals surface area contributed by atoms with Gasteiger partial charge in [0.05, 0.1) is 31.3 Å². The summed E-state index contributed by atoms with van der Waals surface area (Å²) in [5.41, 5.74) is 0. The Bertz CT molecular complexity index is 610. The summed E-state index contributed by atoms with van der Waals surface area (Å²) in [4.78, 5) is 23.3. The average Bonchev–Trinajstić information content (AvgIpc) is 2.89. The Morgan fingerprint density at radius 3 is 1.88 bits per heavy atom. The largest absolute Gasteiger partial charge is 0.465 e. The highest BCUT2D eigenvalue weighted by atomic mass is 16.5. The van der Waals surface area contributed by atoms with Crippen molar-refractivity contribution >= 4 is 11.9 Å². The minimum absolute atomic E-state index is 0.0264. The fraction of sp³-hybridized carbons (Fsp3) is 0.857. The molecule has 0 aromatic carbocycles. The molecule has 0 radical (unpaired) electrons. The van der Waals surface area contributed by atoms with E-state index in [1.54, 1.807) is 0 Å². The summed E-state index contributed by atoms with van der Waals surface area (Å²) < 4.78 is 22.2. The van der Waals surface area contributed by atoms with Gasteiger partial charge >= 0.3 is 11.9 Å². The molecule has 0 unspecified atom stereocenters. The van der Waals surface area contributed by atoms with Gasteiger partial charge in [-0.2, -0.15) is 0 Å². The van der Waals surface area contributed by atoms with Crippen LogP contribution in [0.15, 0.2) is 12.7 Å². The summed E-state index contributed by atoms with van der Waals surface area (Å²) in [6.07, 6.45) is 17.6. The van der Waals surface area contributed by atoms with Gasteiger partial charge in [0.15, 0.2) is 0 Å². The first kappa shape index (κ1) is 27.2. The molecule has 3 fully saturated rings. The number of rotatable bonds is 12. The maximum atomic E-state index is 12.3. The lowest BCUT2D eigenvalue weighted by molar-refractivity contribution is -0.150. The predicted molar refractivity (Wildman–Crippen MR) is 131 cm³/mol. The molecular weight excluding hydrogens is 432 g/mol. The molecule has 34 heavy (non-hydrogen) atoms. The first-order valence-corrected chi connectivity index (χ1v) is 13.7. The van der Waals surface area contributed by atoms with Gasteiger partial charge in [-0.25, -0.2) is 4.79 Å². The topological polar surface area (TPSA) is 71.1 Å². The van der Waals surface area contributed by atoms with Crippen molar-refractivity contribution in [3.8, 4) is 0 Å². The van der Waals surface area contributed by atoms with Crippen molar-refractivity contribution in [2.45, 2.75) is 102 Å². The Morgan fingerprint density at radius 1 is 0.765 bits per heavy atom. The third kappa shape index (κ3) is 8.99. The second kappa shape index (κ2) is 14.9. The van der Waals surface area contributed by atoms with E-state index in [0.29, 0.717) is 44.2 Å². The first-order valence-electron chi connectivity index (χ1n) is 13.7. The number of carbonyl (C=O) groups excluding carboxylic acids is 2. The summed E-state index contributed by atoms with van der Waals surface area (Å²) in [5, 5.41) is 0. The molecule has 6 nitrogen and oxygen atoms in total. The molecular formula is C28H46O6. The van der Waals surface area contributed by atoms with E-state index in [-0.39, 0.29) is 11.9 Å². The van der Waals surface area contributed by atoms with Crippen molar-refractivity contribution in [3.63, 3.8) is 0 Å². The van der Waals surface area contributed by atoms with Crippen molar-refractivity contribution in [2.24, 2.45) is 23.7 Å². The van der Waals surface area contributed by atoms with Crippen LogP contribution >= 0.6 is 0 Å². The van der Waals surface area contributed by atoms with Gasteiger partial charge in [0.1, 0.15) is 0 Å². The molecule has 194 valence electrons. The zero-order valence-electron chi connectivity index (χ0n) is 21.2. The van der Waals surface area contributed by atoms with Crippen molar-refractivity contribution in [1.82, 2.24) is 0 Å². The number of methoxy groups -OCH3 is 1. The predicted octanol–water partition coefficient (Wildman–Crippen LogP) is 5.63. The van der Waals surface area contributed by atoms with Crippen LogP contribution in [0, 0.1) is 23.7 Å². The van der Waals surface area contributed by atoms with Crippen LogP contribution < -0.4 is 0 Å². The standard InChI is InChI=1S/C28H46O6/c1-3-27(29)32-18-4-5-19-33-28(30)24-8-6-21(7-9-24)20-34-26-16-12-23(13-17-26)22-10-14-25(31-2)15-11-22/h3,21-26H,1,4-20H2,2H3. The SMILES string of the molecule is C=CC(=O)OCCCCOC(=O)C1CCC(COC2CCC(C3CCC(OC)CC3)CC2)CC1. The Kier molecular flexibility index (Phi) is 11.9. The molecule has 3 aliphatic carbocycles. The molecule has 0 aromatic heterocycles. The maximum Gasteiger partial charge on any atom is 0.330 e. The van der Waals surface area contributed by atoms with Gasteiger partial charge < -0.3 is 18.9 Å². The molecule has 0 N–H and O–H groups in total. The lowest BCUT2D eigenvalue weighted by Gasteiger charge is -2.38. The Balaban J connectivity index is 1.20. The van der Waals surface area contributed by atoms with Gasteiger partial charge in [-0.1, -0.05) is 6.58 Å². The third-order valence-electron chi connectivity index (χ3n) is 8.38. The van der Waals surface area contributed by atoms with E-state index in [2.05, 4.69) is 6.58 Å². The summed E-state index contributed by atoms with van der Waals surface area (Å²) in [6, 6.07) is 0. The second-order valence-electron chi connectivity index (χ2n) is 10.6. The molecule has 0 bridgehead atoms. The summed E-state index contributed by atoms with van der Waals surface area (Å²) in [5.74, 6) is 1.91. The van der Waals surface area contributed by atoms with Gasteiger partial charge in [0.2, 0.25) is 0 Å². The van der Waals surface area contributed by atoms with Crippen LogP contribution in [0.5, 0.6) is 0 Å². The van der Waals surface area contributed by atoms with Crippen LogP contribution in [0.25, 0.3) is 0 Å². The number of esters is 2. The van der Waals surface area contributed by atoms with Crippen LogP contribution in [0.4, 0.5) is 0 Å². The van der Waals surface area contributed by atoms with E-state index in [1.807, 2.05) is 7.11 Å². The van der Waals surface area contributed by atoms with Gasteiger partial charge in [-0.3, -0.25) is 4.79 Å². The Hall–Kier alpha value is -1.40. The number of hydrogen-bond acceptors (Lipinski definition) is 6. The molecule has 0 amide bonds. The molecule has 0 atom stereocenters. The number of unbranched alkanes of at least 4 members (excludes halogenated alkanes) is 1. The van der Waals surface area contributed by atoms with Gasteiger partial charge in [-0.15, -0.1) is 0 Å². The molecule has 3 aliphatic rings. The van der Waals surface area contributed by atoms with Crippen molar-refractivity contribution in [2.75, 3.05) is 26.9 Å². The fourth-order valence-electron chi connectivity index (χ4n) is 6.09. The van der Waals surface area contributed by atoms with Crippen LogP contribution in [0.1, 0.15) is 89.9 Å². The number of hydrogen-bond donors (Lipinski definition) is 0. The molecule has 0 saturated heterocycles. The van der Waals surface area contributed by atoms with E-state index < -0.39 is 5.97 Å². The first-order chi connectivity index (χ1) is 16.6. The molecule has 0 heterocycles.